The van der Waals surface area contributed by atoms with Crippen LogP contribution in [0.2, 0.25) is 0 Å². The summed E-state index contributed by atoms with van der Waals surface area (Å²) >= 11 is 0. The molecule has 0 bridgehead atoms. The molecule has 0 saturated heterocycles. The van der Waals surface area contributed by atoms with Crippen LogP contribution in [0.4, 0.5) is 4.39 Å². The molecule has 0 atom stereocenters. The molecule has 2 N–H and O–H groups in total. The summed E-state index contributed by atoms with van der Waals surface area (Å²) in [6.07, 6.45) is 0.747. The number of hydrogen-bond donors (Lipinski definition) is 2. The van der Waals surface area contributed by atoms with Gasteiger partial charge < -0.3 is 20.3 Å². The number of rotatable bonds is 9. The fourth-order valence-electron chi connectivity index (χ4n) is 2.87. The smallest absolute Gasteiger partial charge is 0.253 e. The maximum absolute atomic E-state index is 14.0. The number of halogens is 2. The van der Waals surface area contributed by atoms with Crippen LogP contribution in [-0.2, 0) is 13.0 Å². The van der Waals surface area contributed by atoms with Crippen molar-refractivity contribution in [3.63, 3.8) is 0 Å². The highest BCUT2D eigenvalue weighted by Gasteiger charge is 2.08. The number of benzene rings is 2. The van der Waals surface area contributed by atoms with Crippen LogP contribution in [0.5, 0.6) is 5.75 Å². The molecule has 1 amide bonds. The molecule has 0 spiro atoms. The van der Waals surface area contributed by atoms with Crippen molar-refractivity contribution in [2.24, 2.45) is 4.99 Å². The molecule has 31 heavy (non-hydrogen) atoms. The van der Waals surface area contributed by atoms with E-state index in [1.165, 1.54) is 6.07 Å². The second-order valence-electron chi connectivity index (χ2n) is 6.97. The normalized spacial score (nSPS) is 10.8. The minimum Gasteiger partial charge on any atom is -0.491 e. The second-order valence-corrected chi connectivity index (χ2v) is 6.97. The van der Waals surface area contributed by atoms with Crippen molar-refractivity contribution in [3.05, 3.63) is 65.0 Å². The number of nitrogens with one attached hydrogen (secondary N) is 2. The molecule has 8 heteroatoms. The standard InChI is InChI=1S/C23H31FN4O2.HI/c1-5-25-23(27-16-18-10-11-21(30-6-2)20(24)15-18)26-13-12-17-8-7-9-19(14-17)22(29)28(3)4;/h7-11,14-15H,5-6,12-13,16H2,1-4H3,(H2,25,26,27);1H. The van der Waals surface area contributed by atoms with Gasteiger partial charge in [-0.05, 0) is 55.7 Å². The Morgan fingerprint density at radius 1 is 1.10 bits per heavy atom. The van der Waals surface area contributed by atoms with E-state index in [0.29, 0.717) is 31.2 Å². The van der Waals surface area contributed by atoms with Gasteiger partial charge in [0.05, 0.1) is 13.2 Å². The van der Waals surface area contributed by atoms with Gasteiger partial charge in [-0.1, -0.05) is 18.2 Å². The predicted molar refractivity (Wildman–Crippen MR) is 134 cm³/mol. The van der Waals surface area contributed by atoms with E-state index in [0.717, 1.165) is 24.1 Å². The van der Waals surface area contributed by atoms with E-state index < -0.39 is 0 Å². The van der Waals surface area contributed by atoms with E-state index >= 15 is 0 Å². The number of hydrogen-bond acceptors (Lipinski definition) is 3. The van der Waals surface area contributed by atoms with Crippen LogP contribution in [0.3, 0.4) is 0 Å². The van der Waals surface area contributed by atoms with Crippen molar-refractivity contribution in [3.8, 4) is 5.75 Å². The Morgan fingerprint density at radius 2 is 1.87 bits per heavy atom. The van der Waals surface area contributed by atoms with Crippen LogP contribution in [0.1, 0.15) is 35.3 Å². The Morgan fingerprint density at radius 3 is 2.52 bits per heavy atom. The number of nitrogens with zero attached hydrogens (tertiary/aromatic N) is 2. The number of ether oxygens (including phenoxy) is 1. The highest BCUT2D eigenvalue weighted by molar-refractivity contribution is 14.0. The van der Waals surface area contributed by atoms with Gasteiger partial charge in [0.15, 0.2) is 17.5 Å². The molecular formula is C23H32FIN4O2. The minimum atomic E-state index is -0.380. The molecule has 0 unspecified atom stereocenters. The zero-order chi connectivity index (χ0) is 21.9. The van der Waals surface area contributed by atoms with Gasteiger partial charge in [-0.15, -0.1) is 24.0 Å². The molecule has 2 aromatic carbocycles. The van der Waals surface area contributed by atoms with Gasteiger partial charge in [-0.2, -0.15) is 0 Å². The van der Waals surface area contributed by atoms with Crippen LogP contribution in [0.15, 0.2) is 47.5 Å². The zero-order valence-corrected chi connectivity index (χ0v) is 20.9. The van der Waals surface area contributed by atoms with E-state index in [1.807, 2.05) is 44.2 Å². The van der Waals surface area contributed by atoms with Gasteiger partial charge >= 0.3 is 0 Å². The molecule has 6 nitrogen and oxygen atoms in total. The van der Waals surface area contributed by atoms with Crippen LogP contribution < -0.4 is 15.4 Å². The Bertz CT molecular complexity index is 874. The summed E-state index contributed by atoms with van der Waals surface area (Å²) in [4.78, 5) is 18.2. The molecule has 0 radical (unpaired) electrons. The largest absolute Gasteiger partial charge is 0.491 e. The van der Waals surface area contributed by atoms with Crippen LogP contribution in [0, 0.1) is 5.82 Å². The van der Waals surface area contributed by atoms with E-state index in [4.69, 9.17) is 4.74 Å². The summed E-state index contributed by atoms with van der Waals surface area (Å²) in [6, 6.07) is 12.5. The van der Waals surface area contributed by atoms with Crippen LogP contribution >= 0.6 is 24.0 Å². The third-order valence-electron chi connectivity index (χ3n) is 4.35. The average molecular weight is 542 g/mol. The fourth-order valence-corrected chi connectivity index (χ4v) is 2.87. The predicted octanol–water partition coefficient (Wildman–Crippen LogP) is 3.84. The van der Waals surface area contributed by atoms with Crippen LogP contribution in [-0.4, -0.2) is 50.6 Å². The Balaban J connectivity index is 0.00000480. The first-order chi connectivity index (χ1) is 14.4. The highest BCUT2D eigenvalue weighted by atomic mass is 127. The fraction of sp³-hybridized carbons (Fsp3) is 0.391. The molecule has 2 rings (SSSR count). The van der Waals surface area contributed by atoms with Gasteiger partial charge in [0, 0.05) is 32.7 Å². The van der Waals surface area contributed by atoms with E-state index in [1.54, 1.807) is 25.1 Å². The number of carbonyl (C=O) groups is 1. The first-order valence-corrected chi connectivity index (χ1v) is 10.2. The molecule has 0 heterocycles. The lowest BCUT2D eigenvalue weighted by Gasteiger charge is -2.13. The van der Waals surface area contributed by atoms with E-state index in [-0.39, 0.29) is 41.5 Å². The number of carbonyl (C=O) groups excluding carboxylic acids is 1. The maximum Gasteiger partial charge on any atom is 0.253 e. The lowest BCUT2D eigenvalue weighted by molar-refractivity contribution is 0.0827. The van der Waals surface area contributed by atoms with Gasteiger partial charge in [-0.3, -0.25) is 4.79 Å². The monoisotopic (exact) mass is 542 g/mol. The Labute approximate surface area is 201 Å². The van der Waals surface area contributed by atoms with Crippen molar-refractivity contribution in [2.45, 2.75) is 26.8 Å². The number of guanidine groups is 1. The topological polar surface area (TPSA) is 66.0 Å². The third-order valence-corrected chi connectivity index (χ3v) is 4.35. The lowest BCUT2D eigenvalue weighted by atomic mass is 10.1. The second kappa shape index (κ2) is 13.8. The summed E-state index contributed by atoms with van der Waals surface area (Å²) in [5, 5.41) is 6.47. The number of amides is 1. The summed E-state index contributed by atoms with van der Waals surface area (Å²) in [6.45, 7) is 5.96. The molecule has 0 aliphatic rings. The van der Waals surface area contributed by atoms with Crippen molar-refractivity contribution in [2.75, 3.05) is 33.8 Å². The molecule has 0 fully saturated rings. The third kappa shape index (κ3) is 8.72. The van der Waals surface area contributed by atoms with Gasteiger partial charge in [-0.25, -0.2) is 9.38 Å². The lowest BCUT2D eigenvalue weighted by Crippen LogP contribution is -2.38. The minimum absolute atomic E-state index is 0. The summed E-state index contributed by atoms with van der Waals surface area (Å²) < 4.78 is 19.2. The van der Waals surface area contributed by atoms with E-state index in [9.17, 15) is 9.18 Å². The molecule has 0 aliphatic heterocycles. The van der Waals surface area contributed by atoms with Crippen molar-refractivity contribution in [1.82, 2.24) is 15.5 Å². The molecule has 0 saturated carbocycles. The molecule has 170 valence electrons. The number of aliphatic imine (C=N–C) groups is 1. The van der Waals surface area contributed by atoms with Crippen molar-refractivity contribution in [1.29, 1.82) is 0 Å². The SMILES string of the molecule is CCNC(=NCc1ccc(OCC)c(F)c1)NCCc1cccc(C(=O)N(C)C)c1.I. The zero-order valence-electron chi connectivity index (χ0n) is 18.6. The van der Waals surface area contributed by atoms with Crippen molar-refractivity contribution >= 4 is 35.8 Å². The summed E-state index contributed by atoms with van der Waals surface area (Å²) in [5.74, 6) is 0.523. The van der Waals surface area contributed by atoms with Gasteiger partial charge in [0.1, 0.15) is 0 Å². The Hall–Kier alpha value is -2.36. The summed E-state index contributed by atoms with van der Waals surface area (Å²) in [7, 11) is 3.48. The molecule has 0 aromatic heterocycles. The Kier molecular flexibility index (Phi) is 11.9. The van der Waals surface area contributed by atoms with Gasteiger partial charge in [0.25, 0.3) is 5.91 Å². The quantitative estimate of drug-likeness (QED) is 0.287. The highest BCUT2D eigenvalue weighted by Crippen LogP contribution is 2.18. The van der Waals surface area contributed by atoms with Gasteiger partial charge in [0.2, 0.25) is 0 Å². The summed E-state index contributed by atoms with van der Waals surface area (Å²) in [5.41, 5.74) is 2.51. The van der Waals surface area contributed by atoms with E-state index in [2.05, 4.69) is 15.6 Å². The average Bonchev–Trinajstić information content (AvgIpc) is 2.73. The molecule has 2 aromatic rings. The maximum atomic E-state index is 14.0. The van der Waals surface area contributed by atoms with Crippen molar-refractivity contribution < 1.29 is 13.9 Å². The molecular weight excluding hydrogens is 510 g/mol. The first-order valence-electron chi connectivity index (χ1n) is 10.2. The van der Waals surface area contributed by atoms with Crippen LogP contribution in [0.25, 0.3) is 0 Å². The molecule has 0 aliphatic carbocycles. The first kappa shape index (κ1) is 26.7.